The summed E-state index contributed by atoms with van der Waals surface area (Å²) in [6.45, 7) is 4.73. The maximum absolute atomic E-state index is 11.9. The highest BCUT2D eigenvalue weighted by Gasteiger charge is 2.11. The van der Waals surface area contributed by atoms with E-state index in [4.69, 9.17) is 9.15 Å². The molecule has 1 amide bonds. The average Bonchev–Trinajstić information content (AvgIpc) is 3.14. The second-order valence-electron chi connectivity index (χ2n) is 6.00. The molecule has 27 heavy (non-hydrogen) atoms. The van der Waals surface area contributed by atoms with Crippen molar-refractivity contribution in [3.8, 4) is 5.75 Å². The predicted molar refractivity (Wildman–Crippen MR) is 104 cm³/mol. The molecule has 0 aliphatic heterocycles. The van der Waals surface area contributed by atoms with Crippen LogP contribution in [0.5, 0.6) is 5.75 Å². The standard InChI is InChI=1S/C20H21N3O3S/c1-14-7-6-10-17(15(14)2)25-12-19-22-23-20(26-19)27-13-18(24)21-11-16-8-4-3-5-9-16/h3-10H,11-13H2,1-2H3,(H,21,24). The molecule has 1 N–H and O–H groups in total. The summed E-state index contributed by atoms with van der Waals surface area (Å²) in [7, 11) is 0. The van der Waals surface area contributed by atoms with E-state index >= 15 is 0 Å². The highest BCUT2D eigenvalue weighted by atomic mass is 32.2. The van der Waals surface area contributed by atoms with Gasteiger partial charge in [0.1, 0.15) is 5.75 Å². The molecular formula is C20H21N3O3S. The van der Waals surface area contributed by atoms with Crippen LogP contribution in [0.4, 0.5) is 0 Å². The van der Waals surface area contributed by atoms with Crippen molar-refractivity contribution in [2.45, 2.75) is 32.2 Å². The fraction of sp³-hybridized carbons (Fsp3) is 0.250. The molecule has 0 radical (unpaired) electrons. The molecule has 0 fully saturated rings. The van der Waals surface area contributed by atoms with Gasteiger partial charge in [-0.25, -0.2) is 0 Å². The van der Waals surface area contributed by atoms with Crippen LogP contribution in [-0.2, 0) is 17.9 Å². The fourth-order valence-corrected chi connectivity index (χ4v) is 2.96. The number of thioether (sulfide) groups is 1. The number of carbonyl (C=O) groups excluding carboxylic acids is 1. The summed E-state index contributed by atoms with van der Waals surface area (Å²) in [5.41, 5.74) is 3.30. The molecule has 0 aliphatic rings. The molecule has 0 aliphatic carbocycles. The summed E-state index contributed by atoms with van der Waals surface area (Å²) in [6.07, 6.45) is 0. The Morgan fingerprint density at radius 2 is 1.93 bits per heavy atom. The Bertz CT molecular complexity index is 896. The van der Waals surface area contributed by atoms with Crippen LogP contribution < -0.4 is 10.1 Å². The van der Waals surface area contributed by atoms with Crippen LogP contribution in [0.2, 0.25) is 0 Å². The van der Waals surface area contributed by atoms with Crippen molar-refractivity contribution in [3.63, 3.8) is 0 Å². The van der Waals surface area contributed by atoms with Crippen molar-refractivity contribution in [1.82, 2.24) is 15.5 Å². The quantitative estimate of drug-likeness (QED) is 0.598. The first-order valence-corrected chi connectivity index (χ1v) is 9.55. The molecule has 2 aromatic carbocycles. The van der Waals surface area contributed by atoms with E-state index in [1.54, 1.807) is 0 Å². The summed E-state index contributed by atoms with van der Waals surface area (Å²) in [5.74, 6) is 1.30. The Kier molecular flexibility index (Phi) is 6.49. The average molecular weight is 383 g/mol. The third-order valence-electron chi connectivity index (χ3n) is 4.01. The summed E-state index contributed by atoms with van der Waals surface area (Å²) in [4.78, 5) is 11.9. The maximum Gasteiger partial charge on any atom is 0.277 e. The first-order chi connectivity index (χ1) is 13.1. The molecule has 7 heteroatoms. The molecule has 1 aromatic heterocycles. The van der Waals surface area contributed by atoms with Gasteiger partial charge in [-0.1, -0.05) is 54.2 Å². The second kappa shape index (κ2) is 9.23. The third-order valence-corrected chi connectivity index (χ3v) is 4.83. The van der Waals surface area contributed by atoms with Crippen molar-refractivity contribution in [1.29, 1.82) is 0 Å². The van der Waals surface area contributed by atoms with Gasteiger partial charge >= 0.3 is 0 Å². The number of nitrogens with zero attached hydrogens (tertiary/aromatic N) is 2. The Morgan fingerprint density at radius 3 is 2.74 bits per heavy atom. The second-order valence-corrected chi connectivity index (χ2v) is 6.93. The molecule has 0 unspecified atom stereocenters. The largest absolute Gasteiger partial charge is 0.484 e. The number of hydrogen-bond donors (Lipinski definition) is 1. The number of ether oxygens (including phenoxy) is 1. The molecule has 0 saturated carbocycles. The lowest BCUT2D eigenvalue weighted by molar-refractivity contribution is -0.118. The van der Waals surface area contributed by atoms with E-state index < -0.39 is 0 Å². The number of carbonyl (C=O) groups is 1. The van der Waals surface area contributed by atoms with E-state index in [1.165, 1.54) is 11.8 Å². The molecular weight excluding hydrogens is 362 g/mol. The Hall–Kier alpha value is -2.80. The molecule has 0 saturated heterocycles. The highest BCUT2D eigenvalue weighted by Crippen LogP contribution is 2.22. The first kappa shape index (κ1) is 19.0. The van der Waals surface area contributed by atoms with Crippen molar-refractivity contribution >= 4 is 17.7 Å². The van der Waals surface area contributed by atoms with Crippen molar-refractivity contribution < 1.29 is 13.9 Å². The number of rotatable bonds is 8. The van der Waals surface area contributed by atoms with Gasteiger partial charge in [0.05, 0.1) is 5.75 Å². The fourth-order valence-electron chi connectivity index (χ4n) is 2.35. The molecule has 0 spiro atoms. The van der Waals surface area contributed by atoms with Crippen molar-refractivity contribution in [3.05, 3.63) is 71.1 Å². The number of nitrogens with one attached hydrogen (secondary N) is 1. The van der Waals surface area contributed by atoms with Gasteiger partial charge in [0.25, 0.3) is 11.1 Å². The minimum absolute atomic E-state index is 0.0877. The van der Waals surface area contributed by atoms with E-state index in [0.29, 0.717) is 17.7 Å². The third kappa shape index (κ3) is 5.59. The molecule has 3 rings (SSSR count). The normalized spacial score (nSPS) is 10.6. The number of aromatic nitrogens is 2. The lowest BCUT2D eigenvalue weighted by Gasteiger charge is -2.08. The molecule has 1 heterocycles. The maximum atomic E-state index is 11.9. The smallest absolute Gasteiger partial charge is 0.277 e. The van der Waals surface area contributed by atoms with Gasteiger partial charge in [0.2, 0.25) is 5.91 Å². The Labute approximate surface area is 162 Å². The first-order valence-electron chi connectivity index (χ1n) is 8.56. The topological polar surface area (TPSA) is 77.2 Å². The molecule has 140 valence electrons. The zero-order chi connectivity index (χ0) is 19.1. The van der Waals surface area contributed by atoms with Gasteiger partial charge in [-0.3, -0.25) is 4.79 Å². The van der Waals surface area contributed by atoms with Gasteiger partial charge < -0.3 is 14.5 Å². The summed E-state index contributed by atoms with van der Waals surface area (Å²) in [6, 6.07) is 15.6. The lowest BCUT2D eigenvalue weighted by atomic mass is 10.1. The van der Waals surface area contributed by atoms with E-state index in [9.17, 15) is 4.79 Å². The van der Waals surface area contributed by atoms with Crippen LogP contribution in [0.1, 0.15) is 22.6 Å². The van der Waals surface area contributed by atoms with Crippen LogP contribution in [-0.4, -0.2) is 21.9 Å². The van der Waals surface area contributed by atoms with Gasteiger partial charge in [0, 0.05) is 6.54 Å². The molecule has 0 atom stereocenters. The minimum atomic E-state index is -0.0877. The number of benzene rings is 2. The van der Waals surface area contributed by atoms with E-state index in [1.807, 2.05) is 62.4 Å². The van der Waals surface area contributed by atoms with Crippen LogP contribution in [0.25, 0.3) is 0 Å². The predicted octanol–water partition coefficient (Wildman–Crippen LogP) is 3.67. The van der Waals surface area contributed by atoms with E-state index in [2.05, 4.69) is 15.5 Å². The van der Waals surface area contributed by atoms with Crippen LogP contribution in [0, 0.1) is 13.8 Å². The SMILES string of the molecule is Cc1cccc(OCc2nnc(SCC(=O)NCc3ccccc3)o2)c1C. The summed E-state index contributed by atoms with van der Waals surface area (Å²) < 4.78 is 11.3. The van der Waals surface area contributed by atoms with Gasteiger partial charge in [0.15, 0.2) is 6.61 Å². The van der Waals surface area contributed by atoms with E-state index in [0.717, 1.165) is 22.4 Å². The molecule has 3 aromatic rings. The van der Waals surface area contributed by atoms with Crippen molar-refractivity contribution in [2.24, 2.45) is 0 Å². The lowest BCUT2D eigenvalue weighted by Crippen LogP contribution is -2.24. The van der Waals surface area contributed by atoms with Gasteiger partial charge in [-0.05, 0) is 36.6 Å². The van der Waals surface area contributed by atoms with E-state index in [-0.39, 0.29) is 18.3 Å². The number of hydrogen-bond acceptors (Lipinski definition) is 6. The van der Waals surface area contributed by atoms with Crippen LogP contribution in [0.3, 0.4) is 0 Å². The number of aryl methyl sites for hydroxylation is 1. The van der Waals surface area contributed by atoms with Gasteiger partial charge in [-0.2, -0.15) is 0 Å². The molecule has 0 bridgehead atoms. The molecule has 6 nitrogen and oxygen atoms in total. The Balaban J connectivity index is 1.43. The summed E-state index contributed by atoms with van der Waals surface area (Å²) in [5, 5.41) is 11.1. The monoisotopic (exact) mass is 383 g/mol. The van der Waals surface area contributed by atoms with Gasteiger partial charge in [-0.15, -0.1) is 10.2 Å². The van der Waals surface area contributed by atoms with Crippen LogP contribution >= 0.6 is 11.8 Å². The zero-order valence-electron chi connectivity index (χ0n) is 15.3. The minimum Gasteiger partial charge on any atom is -0.484 e. The van der Waals surface area contributed by atoms with Crippen molar-refractivity contribution in [2.75, 3.05) is 5.75 Å². The Morgan fingerprint density at radius 1 is 1.11 bits per heavy atom. The van der Waals surface area contributed by atoms with Crippen LogP contribution in [0.15, 0.2) is 58.2 Å². The zero-order valence-corrected chi connectivity index (χ0v) is 16.1. The summed E-state index contributed by atoms with van der Waals surface area (Å²) >= 11 is 1.20. The highest BCUT2D eigenvalue weighted by molar-refractivity contribution is 7.99. The number of amides is 1.